The minimum Gasteiger partial charge on any atom is -0.466 e. The molecule has 7 heteroatoms. The number of piperidine rings is 1. The fourth-order valence-corrected chi connectivity index (χ4v) is 3.85. The molecule has 1 fully saturated rings. The highest BCUT2D eigenvalue weighted by atomic mass is 19.1. The molecule has 2 aromatic rings. The van der Waals surface area contributed by atoms with Crippen molar-refractivity contribution in [2.24, 2.45) is 5.92 Å². The molecule has 1 heterocycles. The summed E-state index contributed by atoms with van der Waals surface area (Å²) in [6.45, 7) is 4.64. The normalized spacial score (nSPS) is 15.9. The highest BCUT2D eigenvalue weighted by Crippen LogP contribution is 2.23. The molecule has 1 saturated heterocycles. The third-order valence-corrected chi connectivity index (χ3v) is 5.70. The molecule has 0 spiro atoms. The molecule has 0 radical (unpaired) electrons. The van der Waals surface area contributed by atoms with Crippen LogP contribution in [0.2, 0.25) is 0 Å². The Labute approximate surface area is 188 Å². The van der Waals surface area contributed by atoms with Gasteiger partial charge in [0.05, 0.1) is 24.6 Å². The van der Waals surface area contributed by atoms with E-state index in [1.54, 1.807) is 17.9 Å². The minimum absolute atomic E-state index is 0.0841. The lowest BCUT2D eigenvalue weighted by Crippen LogP contribution is -2.47. The summed E-state index contributed by atoms with van der Waals surface area (Å²) in [6, 6.07) is 12.2. The summed E-state index contributed by atoms with van der Waals surface area (Å²) in [5.74, 6) is -2.12. The summed E-state index contributed by atoms with van der Waals surface area (Å²) < 4.78 is 19.8. The van der Waals surface area contributed by atoms with Crippen molar-refractivity contribution in [2.45, 2.75) is 26.7 Å². The third-order valence-electron chi connectivity index (χ3n) is 5.70. The molecule has 1 aliphatic heterocycles. The summed E-state index contributed by atoms with van der Waals surface area (Å²) in [4.78, 5) is 40.3. The zero-order chi connectivity index (χ0) is 23.3. The van der Waals surface area contributed by atoms with Gasteiger partial charge in [-0.15, -0.1) is 0 Å². The standard InChI is InChI=1S/C25H29FN2O4/c1-4-32-25(31)20-6-5-13-28(15-20)23(29)16-27(3)24(30)21-12-11-19(14-22(21)26)18-9-7-17(2)8-10-18/h7-12,14,20H,4-6,13,15-16H2,1-3H3. The van der Waals surface area contributed by atoms with Gasteiger partial charge in [-0.3, -0.25) is 14.4 Å². The molecule has 6 nitrogen and oxygen atoms in total. The molecule has 0 bridgehead atoms. The second-order valence-corrected chi connectivity index (χ2v) is 8.15. The van der Waals surface area contributed by atoms with Gasteiger partial charge in [0.2, 0.25) is 5.91 Å². The van der Waals surface area contributed by atoms with E-state index >= 15 is 0 Å². The molecule has 0 saturated carbocycles. The number of carbonyl (C=O) groups is 3. The van der Waals surface area contributed by atoms with Gasteiger partial charge in [0.1, 0.15) is 5.82 Å². The van der Waals surface area contributed by atoms with Crippen LogP contribution in [0.3, 0.4) is 0 Å². The fourth-order valence-electron chi connectivity index (χ4n) is 3.85. The zero-order valence-corrected chi connectivity index (χ0v) is 18.8. The van der Waals surface area contributed by atoms with E-state index < -0.39 is 11.7 Å². The van der Waals surface area contributed by atoms with Crippen molar-refractivity contribution in [3.8, 4) is 11.1 Å². The van der Waals surface area contributed by atoms with E-state index in [4.69, 9.17) is 4.74 Å². The van der Waals surface area contributed by atoms with Crippen molar-refractivity contribution in [3.63, 3.8) is 0 Å². The number of likely N-dealkylation sites (tertiary alicyclic amines) is 1. The minimum atomic E-state index is -0.632. The lowest BCUT2D eigenvalue weighted by molar-refractivity contribution is -0.151. The van der Waals surface area contributed by atoms with Crippen molar-refractivity contribution >= 4 is 17.8 Å². The Bertz CT molecular complexity index is 990. The first-order chi connectivity index (χ1) is 15.3. The summed E-state index contributed by atoms with van der Waals surface area (Å²) in [5.41, 5.74) is 2.56. The van der Waals surface area contributed by atoms with Crippen molar-refractivity contribution in [1.29, 1.82) is 0 Å². The van der Waals surface area contributed by atoms with E-state index in [0.717, 1.165) is 11.1 Å². The second kappa shape index (κ2) is 10.4. The van der Waals surface area contributed by atoms with E-state index in [0.29, 0.717) is 31.6 Å². The Kier molecular flexibility index (Phi) is 7.62. The molecule has 1 unspecified atom stereocenters. The summed E-state index contributed by atoms with van der Waals surface area (Å²) in [5, 5.41) is 0. The van der Waals surface area contributed by atoms with E-state index in [-0.39, 0.29) is 36.4 Å². The Balaban J connectivity index is 1.64. The topological polar surface area (TPSA) is 66.9 Å². The number of carbonyl (C=O) groups excluding carboxylic acids is 3. The van der Waals surface area contributed by atoms with Crippen molar-refractivity contribution in [3.05, 3.63) is 59.4 Å². The highest BCUT2D eigenvalue weighted by molar-refractivity contribution is 5.97. The Morgan fingerprint density at radius 1 is 1.12 bits per heavy atom. The quantitative estimate of drug-likeness (QED) is 0.643. The smallest absolute Gasteiger partial charge is 0.310 e. The fraction of sp³-hybridized carbons (Fsp3) is 0.400. The number of rotatable bonds is 6. The molecular formula is C25H29FN2O4. The Hall–Kier alpha value is -3.22. The average molecular weight is 441 g/mol. The number of aryl methyl sites for hydroxylation is 1. The SMILES string of the molecule is CCOC(=O)C1CCCN(C(=O)CN(C)C(=O)c2ccc(-c3ccc(C)cc3)cc2F)C1. The number of hydrogen-bond acceptors (Lipinski definition) is 4. The summed E-state index contributed by atoms with van der Waals surface area (Å²) in [7, 11) is 1.47. The molecule has 1 atom stereocenters. The van der Waals surface area contributed by atoms with E-state index in [1.807, 2.05) is 31.2 Å². The molecular weight excluding hydrogens is 411 g/mol. The van der Waals surface area contributed by atoms with Gasteiger partial charge >= 0.3 is 5.97 Å². The molecule has 170 valence electrons. The number of esters is 1. The first-order valence-electron chi connectivity index (χ1n) is 10.9. The van der Waals surface area contributed by atoms with Gasteiger partial charge < -0.3 is 14.5 Å². The second-order valence-electron chi connectivity index (χ2n) is 8.15. The van der Waals surface area contributed by atoms with Gasteiger partial charge in [0, 0.05) is 20.1 Å². The van der Waals surface area contributed by atoms with E-state index in [1.165, 1.54) is 24.1 Å². The lowest BCUT2D eigenvalue weighted by Gasteiger charge is -2.32. The molecule has 2 aromatic carbocycles. The molecule has 0 N–H and O–H groups in total. The van der Waals surface area contributed by atoms with E-state index in [9.17, 15) is 18.8 Å². The van der Waals surface area contributed by atoms with Crippen LogP contribution in [0, 0.1) is 18.7 Å². The third kappa shape index (κ3) is 5.52. The largest absolute Gasteiger partial charge is 0.466 e. The maximum Gasteiger partial charge on any atom is 0.310 e. The number of amides is 2. The maximum absolute atomic E-state index is 14.7. The van der Waals surface area contributed by atoms with Crippen LogP contribution in [-0.4, -0.2) is 60.9 Å². The predicted octanol–water partition coefficient (Wildman–Crippen LogP) is 3.67. The van der Waals surface area contributed by atoms with Gasteiger partial charge in [-0.25, -0.2) is 4.39 Å². The monoisotopic (exact) mass is 440 g/mol. The summed E-state index contributed by atoms with van der Waals surface area (Å²) >= 11 is 0. The first kappa shape index (κ1) is 23.4. The van der Waals surface area contributed by atoms with Crippen LogP contribution in [0.4, 0.5) is 4.39 Å². The number of hydrogen-bond donors (Lipinski definition) is 0. The lowest BCUT2D eigenvalue weighted by atomic mass is 9.98. The Morgan fingerprint density at radius 2 is 1.81 bits per heavy atom. The number of nitrogens with zero attached hydrogens (tertiary/aromatic N) is 2. The van der Waals surface area contributed by atoms with Crippen LogP contribution >= 0.6 is 0 Å². The predicted molar refractivity (Wildman–Crippen MR) is 119 cm³/mol. The van der Waals surface area contributed by atoms with Gasteiger partial charge in [0.25, 0.3) is 5.91 Å². The average Bonchev–Trinajstić information content (AvgIpc) is 2.79. The van der Waals surface area contributed by atoms with Gasteiger partial charge in [-0.1, -0.05) is 35.9 Å². The van der Waals surface area contributed by atoms with Crippen molar-refractivity contribution < 1.29 is 23.5 Å². The summed E-state index contributed by atoms with van der Waals surface area (Å²) in [6.07, 6.45) is 1.37. The van der Waals surface area contributed by atoms with Crippen LogP contribution < -0.4 is 0 Å². The van der Waals surface area contributed by atoms with Gasteiger partial charge in [-0.2, -0.15) is 0 Å². The van der Waals surface area contributed by atoms with Gasteiger partial charge in [0.15, 0.2) is 0 Å². The highest BCUT2D eigenvalue weighted by Gasteiger charge is 2.30. The van der Waals surface area contributed by atoms with Crippen LogP contribution in [0.5, 0.6) is 0 Å². The number of likely N-dealkylation sites (N-methyl/N-ethyl adjacent to an activating group) is 1. The number of halogens is 1. The maximum atomic E-state index is 14.7. The molecule has 3 rings (SSSR count). The van der Waals surface area contributed by atoms with Crippen molar-refractivity contribution in [2.75, 3.05) is 33.3 Å². The van der Waals surface area contributed by atoms with Crippen LogP contribution in [0.1, 0.15) is 35.7 Å². The Morgan fingerprint density at radius 3 is 2.47 bits per heavy atom. The molecule has 2 amide bonds. The van der Waals surface area contributed by atoms with Crippen LogP contribution in [-0.2, 0) is 14.3 Å². The molecule has 32 heavy (non-hydrogen) atoms. The van der Waals surface area contributed by atoms with Crippen LogP contribution in [0.25, 0.3) is 11.1 Å². The van der Waals surface area contributed by atoms with Gasteiger partial charge in [-0.05, 0) is 49.9 Å². The number of benzene rings is 2. The molecule has 0 aromatic heterocycles. The number of ether oxygens (including phenoxy) is 1. The first-order valence-corrected chi connectivity index (χ1v) is 10.9. The van der Waals surface area contributed by atoms with E-state index in [2.05, 4.69) is 0 Å². The molecule has 1 aliphatic rings. The van der Waals surface area contributed by atoms with Crippen molar-refractivity contribution in [1.82, 2.24) is 9.80 Å². The van der Waals surface area contributed by atoms with Crippen LogP contribution in [0.15, 0.2) is 42.5 Å². The zero-order valence-electron chi connectivity index (χ0n) is 18.8. The molecule has 0 aliphatic carbocycles.